The third kappa shape index (κ3) is 7.07. The fourth-order valence-corrected chi connectivity index (χ4v) is 7.20. The van der Waals surface area contributed by atoms with Crippen LogP contribution in [0.4, 0.5) is 4.79 Å². The molecular weight excluding hydrogens is 598 g/mol. The molecule has 0 spiro atoms. The lowest BCUT2D eigenvalue weighted by atomic mass is 9.72. The maximum Gasteiger partial charge on any atom is 0.406 e. The Bertz CT molecular complexity index is 1690. The number of halogens is 1. The van der Waals surface area contributed by atoms with Crippen molar-refractivity contribution in [3.63, 3.8) is 0 Å². The number of hydrogen-bond donors (Lipinski definition) is 3. The third-order valence-corrected chi connectivity index (χ3v) is 9.60. The summed E-state index contributed by atoms with van der Waals surface area (Å²) in [4.78, 5) is 27.9. The number of amides is 2. The molecule has 4 aromatic rings. The summed E-state index contributed by atoms with van der Waals surface area (Å²) in [5, 5.41) is 21.4. The SMILES string of the molecule is CCc1cccc(-c2c(Cl)cccc2C(O)(CCCNC(=O)OC)C2CCCN(C(=O)c3ccc(CNC)c4ccccc34)C2)c1. The number of methoxy groups -OCH3 is 1. The molecule has 1 fully saturated rings. The van der Waals surface area contributed by atoms with E-state index in [0.717, 1.165) is 52.3 Å². The fraction of sp³-hybridized carbons (Fsp3) is 0.368. The number of piperidine rings is 1. The lowest BCUT2D eigenvalue weighted by Crippen LogP contribution is -2.48. The van der Waals surface area contributed by atoms with Gasteiger partial charge in [-0.05, 0) is 84.3 Å². The lowest BCUT2D eigenvalue weighted by molar-refractivity contribution is -0.0563. The second-order valence-electron chi connectivity index (χ2n) is 12.1. The second kappa shape index (κ2) is 15.1. The zero-order valence-corrected chi connectivity index (χ0v) is 27.7. The third-order valence-electron chi connectivity index (χ3n) is 9.29. The Morgan fingerprint density at radius 1 is 1.04 bits per heavy atom. The molecule has 46 heavy (non-hydrogen) atoms. The Morgan fingerprint density at radius 2 is 1.83 bits per heavy atom. The van der Waals surface area contributed by atoms with Gasteiger partial charge in [0, 0.05) is 48.2 Å². The van der Waals surface area contributed by atoms with E-state index in [1.807, 2.05) is 72.6 Å². The number of carbonyl (C=O) groups is 2. The minimum Gasteiger partial charge on any atom is -0.453 e. The number of likely N-dealkylation sites (tertiary alicyclic amines) is 1. The highest BCUT2D eigenvalue weighted by Gasteiger charge is 2.43. The van der Waals surface area contributed by atoms with E-state index in [-0.39, 0.29) is 11.8 Å². The van der Waals surface area contributed by atoms with E-state index in [2.05, 4.69) is 35.8 Å². The van der Waals surface area contributed by atoms with Gasteiger partial charge in [0.05, 0.1) is 12.7 Å². The van der Waals surface area contributed by atoms with E-state index in [1.54, 1.807) is 0 Å². The van der Waals surface area contributed by atoms with Crippen LogP contribution in [0.25, 0.3) is 21.9 Å². The monoisotopic (exact) mass is 641 g/mol. The molecule has 3 N–H and O–H groups in total. The van der Waals surface area contributed by atoms with Crippen molar-refractivity contribution < 1.29 is 19.4 Å². The quantitative estimate of drug-likeness (QED) is 0.149. The molecule has 5 rings (SSSR count). The van der Waals surface area contributed by atoms with Crippen LogP contribution >= 0.6 is 11.6 Å². The Kier molecular flexibility index (Phi) is 11.0. The molecule has 7 nitrogen and oxygen atoms in total. The van der Waals surface area contributed by atoms with Gasteiger partial charge >= 0.3 is 6.09 Å². The number of hydrogen-bond acceptors (Lipinski definition) is 5. The summed E-state index contributed by atoms with van der Waals surface area (Å²) < 4.78 is 4.75. The van der Waals surface area contributed by atoms with Crippen molar-refractivity contribution in [1.82, 2.24) is 15.5 Å². The van der Waals surface area contributed by atoms with E-state index < -0.39 is 11.7 Å². The maximum atomic E-state index is 14.2. The number of ether oxygens (including phenoxy) is 1. The topological polar surface area (TPSA) is 90.9 Å². The highest BCUT2D eigenvalue weighted by atomic mass is 35.5. The lowest BCUT2D eigenvalue weighted by Gasteiger charge is -2.44. The summed E-state index contributed by atoms with van der Waals surface area (Å²) in [6.45, 7) is 4.18. The van der Waals surface area contributed by atoms with Gasteiger partial charge in [-0.1, -0.05) is 85.3 Å². The Morgan fingerprint density at radius 3 is 2.59 bits per heavy atom. The normalized spacial score (nSPS) is 16.2. The van der Waals surface area contributed by atoms with Crippen molar-refractivity contribution in [3.05, 3.63) is 106 Å². The number of fused-ring (bicyclic) bond motifs is 1. The van der Waals surface area contributed by atoms with Gasteiger partial charge in [0.25, 0.3) is 5.91 Å². The molecule has 4 aromatic carbocycles. The zero-order valence-electron chi connectivity index (χ0n) is 26.9. The molecule has 0 bridgehead atoms. The highest BCUT2D eigenvalue weighted by molar-refractivity contribution is 6.33. The average molecular weight is 642 g/mol. The molecular formula is C38H44ClN3O4. The predicted octanol–water partition coefficient (Wildman–Crippen LogP) is 7.32. The van der Waals surface area contributed by atoms with Crippen LogP contribution in [0.5, 0.6) is 0 Å². The molecule has 1 aliphatic heterocycles. The first kappa shape index (κ1) is 33.5. The number of nitrogens with zero attached hydrogens (tertiary/aromatic N) is 1. The van der Waals surface area contributed by atoms with Crippen LogP contribution in [0.15, 0.2) is 78.9 Å². The Balaban J connectivity index is 1.52. The number of benzene rings is 4. The largest absolute Gasteiger partial charge is 0.453 e. The van der Waals surface area contributed by atoms with Crippen molar-refractivity contribution in [1.29, 1.82) is 0 Å². The first-order chi connectivity index (χ1) is 22.3. The van der Waals surface area contributed by atoms with E-state index >= 15 is 0 Å². The minimum atomic E-state index is -1.32. The van der Waals surface area contributed by atoms with E-state index in [9.17, 15) is 14.7 Å². The van der Waals surface area contributed by atoms with Gasteiger partial charge in [0.15, 0.2) is 0 Å². The van der Waals surface area contributed by atoms with E-state index in [4.69, 9.17) is 16.3 Å². The molecule has 242 valence electrons. The van der Waals surface area contributed by atoms with Gasteiger partial charge in [-0.25, -0.2) is 4.79 Å². The molecule has 0 radical (unpaired) electrons. The van der Waals surface area contributed by atoms with Crippen LogP contribution in [0.1, 0.15) is 59.7 Å². The molecule has 1 heterocycles. The van der Waals surface area contributed by atoms with Crippen LogP contribution in [0, 0.1) is 5.92 Å². The van der Waals surface area contributed by atoms with E-state index in [1.165, 1.54) is 12.7 Å². The summed E-state index contributed by atoms with van der Waals surface area (Å²) in [7, 11) is 3.25. The molecule has 2 unspecified atom stereocenters. The summed E-state index contributed by atoms with van der Waals surface area (Å²) in [5.41, 5.74) is 4.16. The number of aryl methyl sites for hydroxylation is 1. The molecule has 2 amide bonds. The van der Waals surface area contributed by atoms with Gasteiger partial charge in [-0.15, -0.1) is 0 Å². The summed E-state index contributed by atoms with van der Waals surface area (Å²) in [6.07, 6.45) is 2.75. The zero-order chi connectivity index (χ0) is 32.7. The van der Waals surface area contributed by atoms with Gasteiger partial charge in [0.2, 0.25) is 0 Å². The highest BCUT2D eigenvalue weighted by Crippen LogP contribution is 2.46. The van der Waals surface area contributed by atoms with E-state index in [0.29, 0.717) is 49.6 Å². The minimum absolute atomic E-state index is 0.0337. The van der Waals surface area contributed by atoms with Gasteiger partial charge in [0.1, 0.15) is 0 Å². The number of aliphatic hydroxyl groups is 1. The number of nitrogens with one attached hydrogen (secondary N) is 2. The molecule has 0 saturated carbocycles. The van der Waals surface area contributed by atoms with Crippen molar-refractivity contribution in [2.45, 2.75) is 51.2 Å². The van der Waals surface area contributed by atoms with Gasteiger partial charge < -0.3 is 25.4 Å². The molecule has 8 heteroatoms. The second-order valence-corrected chi connectivity index (χ2v) is 12.5. The maximum absolute atomic E-state index is 14.2. The number of carbonyl (C=O) groups excluding carboxylic acids is 2. The molecule has 1 saturated heterocycles. The standard InChI is InChI=1S/C38H44ClN3O4/c1-4-26-11-7-12-27(23-26)35-33(16-8-17-34(35)39)38(45,20-10-21-41-37(44)46-3)29-13-9-22-42(25-29)36(43)32-19-18-28(24-40-2)30-14-5-6-15-31(30)32/h5-8,11-12,14-19,23,29,40,45H,4,9-10,13,20-22,24-25H2,1-3H3,(H,41,44). The van der Waals surface area contributed by atoms with Crippen molar-refractivity contribution in [3.8, 4) is 11.1 Å². The van der Waals surface area contributed by atoms with Crippen molar-refractivity contribution in [2.75, 3.05) is 33.8 Å². The van der Waals surface area contributed by atoms with Crippen LogP contribution in [-0.2, 0) is 23.3 Å². The summed E-state index contributed by atoms with van der Waals surface area (Å²) >= 11 is 6.92. The first-order valence-electron chi connectivity index (χ1n) is 16.2. The first-order valence-corrected chi connectivity index (χ1v) is 16.6. The molecule has 0 aromatic heterocycles. The van der Waals surface area contributed by atoms with Crippen LogP contribution in [0.3, 0.4) is 0 Å². The molecule has 0 aliphatic carbocycles. The van der Waals surface area contributed by atoms with Gasteiger partial charge in [-0.3, -0.25) is 4.79 Å². The number of rotatable bonds is 11. The smallest absolute Gasteiger partial charge is 0.406 e. The fourth-order valence-electron chi connectivity index (χ4n) is 6.92. The summed E-state index contributed by atoms with van der Waals surface area (Å²) in [6, 6.07) is 26.0. The van der Waals surface area contributed by atoms with Gasteiger partial charge in [-0.2, -0.15) is 0 Å². The Labute approximate surface area is 276 Å². The molecule has 2 atom stereocenters. The van der Waals surface area contributed by atoms with Crippen LogP contribution < -0.4 is 10.6 Å². The van der Waals surface area contributed by atoms with Crippen LogP contribution in [-0.4, -0.2) is 55.8 Å². The van der Waals surface area contributed by atoms with Crippen molar-refractivity contribution in [2.24, 2.45) is 5.92 Å². The average Bonchev–Trinajstić information content (AvgIpc) is 3.09. The molecule has 1 aliphatic rings. The van der Waals surface area contributed by atoms with Crippen molar-refractivity contribution >= 4 is 34.4 Å². The van der Waals surface area contributed by atoms with Crippen LogP contribution in [0.2, 0.25) is 5.02 Å². The summed E-state index contributed by atoms with van der Waals surface area (Å²) in [5.74, 6) is -0.293. The Hall–Kier alpha value is -3.91. The predicted molar refractivity (Wildman–Crippen MR) is 185 cm³/mol. The number of alkyl carbamates (subject to hydrolysis) is 1.